The van der Waals surface area contributed by atoms with Gasteiger partial charge in [0.25, 0.3) is 6.43 Å². The number of hydrogen-bond acceptors (Lipinski definition) is 5. The smallest absolute Gasteiger partial charge is 0.256 e. The molecule has 0 bridgehead atoms. The quantitative estimate of drug-likeness (QED) is 0.512. The summed E-state index contributed by atoms with van der Waals surface area (Å²) in [5.74, 6) is 1.82. The molecule has 1 fully saturated rings. The van der Waals surface area contributed by atoms with Gasteiger partial charge in [-0.2, -0.15) is 0 Å². The van der Waals surface area contributed by atoms with Gasteiger partial charge in [-0.25, -0.2) is 28.2 Å². The van der Waals surface area contributed by atoms with Gasteiger partial charge in [-0.1, -0.05) is 12.8 Å². The van der Waals surface area contributed by atoms with Crippen molar-refractivity contribution in [2.45, 2.75) is 45.6 Å². The second kappa shape index (κ2) is 7.62. The molecule has 5 rings (SSSR count). The first-order valence-electron chi connectivity index (χ1n) is 10.3. The summed E-state index contributed by atoms with van der Waals surface area (Å²) in [6.07, 6.45) is 6.30. The highest BCUT2D eigenvalue weighted by Gasteiger charge is 2.17. The lowest BCUT2D eigenvalue weighted by Crippen LogP contribution is -2.13. The Hall–Kier alpha value is -3.10. The zero-order valence-corrected chi connectivity index (χ0v) is 16.7. The predicted octanol–water partition coefficient (Wildman–Crippen LogP) is 4.32. The van der Waals surface area contributed by atoms with Crippen LogP contribution in [-0.4, -0.2) is 42.1 Å². The third-order valence-electron chi connectivity index (χ3n) is 5.82. The van der Waals surface area contributed by atoms with Gasteiger partial charge in [0.1, 0.15) is 11.3 Å². The monoisotopic (exact) mass is 411 g/mol. The van der Waals surface area contributed by atoms with Crippen molar-refractivity contribution in [3.05, 3.63) is 36.4 Å². The molecule has 156 valence electrons. The Bertz CT molecular complexity index is 1190. The van der Waals surface area contributed by atoms with E-state index in [4.69, 9.17) is 0 Å². The maximum atomic E-state index is 13.0. The first-order chi connectivity index (χ1) is 14.6. The molecule has 0 radical (unpaired) electrons. The van der Waals surface area contributed by atoms with E-state index in [-0.39, 0.29) is 0 Å². The van der Waals surface area contributed by atoms with E-state index >= 15 is 0 Å². The van der Waals surface area contributed by atoms with E-state index < -0.39 is 13.0 Å². The van der Waals surface area contributed by atoms with Crippen LogP contribution < -0.4 is 5.32 Å². The molecule has 0 aromatic carbocycles. The number of anilines is 1. The summed E-state index contributed by atoms with van der Waals surface area (Å²) in [5, 5.41) is 7.89. The van der Waals surface area contributed by atoms with Gasteiger partial charge in [0.2, 0.25) is 5.95 Å². The fourth-order valence-electron chi connectivity index (χ4n) is 4.27. The largest absolute Gasteiger partial charge is 0.353 e. The standard InChI is InChI=1S/C21H23F2N7/c1-13-26-17-7-6-16(27-20(17)29(13)12-19(22)23)15-8-9-30-18(15)11-25-21(28-30)24-10-14-4-2-3-5-14/h6-9,11,14,19H,2-5,10,12H2,1H3,(H,24,28). The van der Waals surface area contributed by atoms with Crippen LogP contribution in [0.2, 0.25) is 0 Å². The Kier molecular flexibility index (Phi) is 4.80. The Morgan fingerprint density at radius 3 is 2.80 bits per heavy atom. The average Bonchev–Trinajstić information content (AvgIpc) is 3.45. The van der Waals surface area contributed by atoms with E-state index in [9.17, 15) is 8.78 Å². The molecule has 1 N–H and O–H groups in total. The molecule has 30 heavy (non-hydrogen) atoms. The molecular weight excluding hydrogens is 388 g/mol. The van der Waals surface area contributed by atoms with E-state index in [0.717, 1.165) is 17.6 Å². The summed E-state index contributed by atoms with van der Waals surface area (Å²) in [5.41, 5.74) is 3.40. The highest BCUT2D eigenvalue weighted by atomic mass is 19.3. The van der Waals surface area contributed by atoms with Gasteiger partial charge in [-0.15, -0.1) is 5.10 Å². The third kappa shape index (κ3) is 3.48. The Labute approximate surface area is 172 Å². The summed E-state index contributed by atoms with van der Waals surface area (Å²) < 4.78 is 29.2. The number of alkyl halides is 2. The molecule has 1 aliphatic carbocycles. The Morgan fingerprint density at radius 1 is 1.17 bits per heavy atom. The molecule has 1 aliphatic rings. The van der Waals surface area contributed by atoms with E-state index in [1.807, 2.05) is 24.4 Å². The molecule has 0 aliphatic heterocycles. The van der Waals surface area contributed by atoms with Crippen LogP contribution in [0.3, 0.4) is 0 Å². The van der Waals surface area contributed by atoms with Crippen molar-refractivity contribution in [2.75, 3.05) is 11.9 Å². The third-order valence-corrected chi connectivity index (χ3v) is 5.82. The molecule has 1 saturated carbocycles. The van der Waals surface area contributed by atoms with Crippen LogP contribution >= 0.6 is 0 Å². The summed E-state index contributed by atoms with van der Waals surface area (Å²) >= 11 is 0. The SMILES string of the molecule is Cc1nc2ccc(-c3ccn4nc(NCC5CCCC5)ncc34)nc2n1CC(F)F. The topological polar surface area (TPSA) is 72.9 Å². The second-order valence-electron chi connectivity index (χ2n) is 7.87. The highest BCUT2D eigenvalue weighted by molar-refractivity contribution is 5.82. The van der Waals surface area contributed by atoms with Crippen LogP contribution in [0.25, 0.3) is 27.9 Å². The van der Waals surface area contributed by atoms with Crippen LogP contribution in [0, 0.1) is 12.8 Å². The van der Waals surface area contributed by atoms with Gasteiger partial charge in [0, 0.05) is 18.3 Å². The van der Waals surface area contributed by atoms with Crippen molar-refractivity contribution in [1.29, 1.82) is 0 Å². The van der Waals surface area contributed by atoms with Crippen molar-refractivity contribution in [1.82, 2.24) is 29.1 Å². The number of rotatable bonds is 6. The molecule has 7 nitrogen and oxygen atoms in total. The highest BCUT2D eigenvalue weighted by Crippen LogP contribution is 2.27. The number of pyridine rings is 1. The zero-order chi connectivity index (χ0) is 20.7. The number of nitrogens with one attached hydrogen (secondary N) is 1. The first-order valence-corrected chi connectivity index (χ1v) is 10.3. The van der Waals surface area contributed by atoms with Gasteiger partial charge in [0.15, 0.2) is 5.65 Å². The number of hydrogen-bond donors (Lipinski definition) is 1. The van der Waals surface area contributed by atoms with Gasteiger partial charge in [-0.3, -0.25) is 0 Å². The molecule has 4 heterocycles. The van der Waals surface area contributed by atoms with Crippen LogP contribution in [0.15, 0.2) is 30.6 Å². The van der Waals surface area contributed by atoms with E-state index in [1.165, 1.54) is 30.3 Å². The van der Waals surface area contributed by atoms with Gasteiger partial charge in [-0.05, 0) is 43.9 Å². The van der Waals surface area contributed by atoms with Crippen molar-refractivity contribution >= 4 is 22.6 Å². The van der Waals surface area contributed by atoms with Crippen LogP contribution in [0.4, 0.5) is 14.7 Å². The molecule has 0 amide bonds. The molecule has 9 heteroatoms. The number of aromatic nitrogens is 6. The van der Waals surface area contributed by atoms with E-state index in [2.05, 4.69) is 25.4 Å². The number of fused-ring (bicyclic) bond motifs is 2. The molecule has 0 atom stereocenters. The number of halogens is 2. The van der Waals surface area contributed by atoms with Crippen LogP contribution in [0.5, 0.6) is 0 Å². The lowest BCUT2D eigenvalue weighted by molar-refractivity contribution is 0.127. The first kappa shape index (κ1) is 18.9. The van der Waals surface area contributed by atoms with Crippen molar-refractivity contribution < 1.29 is 8.78 Å². The van der Waals surface area contributed by atoms with Crippen LogP contribution in [0.1, 0.15) is 31.5 Å². The van der Waals surface area contributed by atoms with Gasteiger partial charge in [0.05, 0.1) is 24.0 Å². The number of imidazole rings is 1. The van der Waals surface area contributed by atoms with Crippen LogP contribution in [-0.2, 0) is 6.54 Å². The summed E-state index contributed by atoms with van der Waals surface area (Å²) in [4.78, 5) is 13.4. The molecule has 0 saturated heterocycles. The molecule has 4 aromatic heterocycles. The summed E-state index contributed by atoms with van der Waals surface area (Å²) in [7, 11) is 0. The maximum Gasteiger partial charge on any atom is 0.256 e. The second-order valence-corrected chi connectivity index (χ2v) is 7.87. The van der Waals surface area contributed by atoms with Crippen molar-refractivity contribution in [3.63, 3.8) is 0 Å². The number of aryl methyl sites for hydroxylation is 1. The van der Waals surface area contributed by atoms with Gasteiger partial charge >= 0.3 is 0 Å². The maximum absolute atomic E-state index is 13.0. The normalized spacial score (nSPS) is 15.1. The fourth-order valence-corrected chi connectivity index (χ4v) is 4.27. The lowest BCUT2D eigenvalue weighted by atomic mass is 10.1. The minimum atomic E-state index is -2.47. The molecule has 4 aromatic rings. The van der Waals surface area contributed by atoms with E-state index in [1.54, 1.807) is 17.6 Å². The summed E-state index contributed by atoms with van der Waals surface area (Å²) in [6.45, 7) is 2.19. The molecular formula is C21H23F2N7. The molecule has 0 spiro atoms. The lowest BCUT2D eigenvalue weighted by Gasteiger charge is -2.10. The average molecular weight is 411 g/mol. The van der Waals surface area contributed by atoms with Crippen molar-refractivity contribution in [3.8, 4) is 11.3 Å². The number of nitrogens with zero attached hydrogens (tertiary/aromatic N) is 6. The zero-order valence-electron chi connectivity index (χ0n) is 16.7. The minimum Gasteiger partial charge on any atom is -0.353 e. The Morgan fingerprint density at radius 2 is 2.00 bits per heavy atom. The fraction of sp³-hybridized carbons (Fsp3) is 0.429. The Balaban J connectivity index is 1.46. The predicted molar refractivity (Wildman–Crippen MR) is 111 cm³/mol. The summed E-state index contributed by atoms with van der Waals surface area (Å²) in [6, 6.07) is 5.58. The van der Waals surface area contributed by atoms with Gasteiger partial charge < -0.3 is 9.88 Å². The van der Waals surface area contributed by atoms with Crippen molar-refractivity contribution in [2.24, 2.45) is 5.92 Å². The minimum absolute atomic E-state index is 0.422. The molecule has 0 unspecified atom stereocenters. The van der Waals surface area contributed by atoms with E-state index in [0.29, 0.717) is 34.5 Å².